The summed E-state index contributed by atoms with van der Waals surface area (Å²) in [6, 6.07) is 13.1. The standard InChI is InChI=1S/C16H18N4O2S/c21-23(22,14-8-15-5-2-1-3-6-15)20-12-10-19(11-13-20)16-7-4-9-17-18-16/h1-9,14H,10-13H2/b14-8+. The molecule has 0 saturated carbocycles. The molecular formula is C16H18N4O2S. The van der Waals surface area contributed by atoms with Crippen LogP contribution in [0.4, 0.5) is 5.82 Å². The van der Waals surface area contributed by atoms with Gasteiger partial charge in [0.15, 0.2) is 5.82 Å². The predicted molar refractivity (Wildman–Crippen MR) is 90.2 cm³/mol. The summed E-state index contributed by atoms with van der Waals surface area (Å²) in [6.45, 7) is 2.10. The van der Waals surface area contributed by atoms with Crippen LogP contribution < -0.4 is 4.90 Å². The summed E-state index contributed by atoms with van der Waals surface area (Å²) in [7, 11) is -3.40. The van der Waals surface area contributed by atoms with E-state index < -0.39 is 10.0 Å². The average Bonchev–Trinajstić information content (AvgIpc) is 2.62. The second kappa shape index (κ2) is 6.89. The molecule has 0 radical (unpaired) electrons. The first-order chi connectivity index (χ1) is 11.1. The van der Waals surface area contributed by atoms with Gasteiger partial charge in [0, 0.05) is 37.8 Å². The highest BCUT2D eigenvalue weighted by molar-refractivity contribution is 7.92. The molecule has 1 fully saturated rings. The summed E-state index contributed by atoms with van der Waals surface area (Å²) in [6.07, 6.45) is 3.25. The van der Waals surface area contributed by atoms with Crippen LogP contribution in [0.2, 0.25) is 0 Å². The first-order valence-corrected chi connectivity index (χ1v) is 8.91. The average molecular weight is 330 g/mol. The second-order valence-electron chi connectivity index (χ2n) is 5.23. The zero-order chi connectivity index (χ0) is 16.1. The van der Waals surface area contributed by atoms with E-state index in [9.17, 15) is 8.42 Å². The van der Waals surface area contributed by atoms with Gasteiger partial charge in [-0.1, -0.05) is 30.3 Å². The van der Waals surface area contributed by atoms with Crippen LogP contribution in [0, 0.1) is 0 Å². The van der Waals surface area contributed by atoms with Crippen molar-refractivity contribution >= 4 is 21.9 Å². The van der Waals surface area contributed by atoms with Crippen LogP contribution in [0.25, 0.3) is 6.08 Å². The molecule has 1 aliphatic heterocycles. The highest BCUT2D eigenvalue weighted by atomic mass is 32.2. The summed E-state index contributed by atoms with van der Waals surface area (Å²) in [4.78, 5) is 2.04. The molecule has 2 aromatic rings. The minimum atomic E-state index is -3.40. The van der Waals surface area contributed by atoms with Crippen LogP contribution in [0.5, 0.6) is 0 Å². The Kier molecular flexibility index (Phi) is 4.68. The first-order valence-electron chi connectivity index (χ1n) is 7.41. The van der Waals surface area contributed by atoms with E-state index in [1.165, 1.54) is 9.71 Å². The third kappa shape index (κ3) is 3.94. The van der Waals surface area contributed by atoms with Gasteiger partial charge in [-0.05, 0) is 23.8 Å². The van der Waals surface area contributed by atoms with Crippen molar-refractivity contribution in [2.45, 2.75) is 0 Å². The van der Waals surface area contributed by atoms with Crippen molar-refractivity contribution in [2.75, 3.05) is 31.1 Å². The van der Waals surface area contributed by atoms with Gasteiger partial charge in [0.05, 0.1) is 0 Å². The van der Waals surface area contributed by atoms with E-state index in [4.69, 9.17) is 0 Å². The van der Waals surface area contributed by atoms with Crippen LogP contribution in [-0.4, -0.2) is 49.1 Å². The maximum atomic E-state index is 12.4. The van der Waals surface area contributed by atoms with Crippen LogP contribution >= 0.6 is 0 Å². The molecule has 0 unspecified atom stereocenters. The molecule has 0 amide bonds. The van der Waals surface area contributed by atoms with Crippen molar-refractivity contribution in [3.63, 3.8) is 0 Å². The van der Waals surface area contributed by atoms with Crippen molar-refractivity contribution in [3.05, 3.63) is 59.6 Å². The van der Waals surface area contributed by atoms with Crippen molar-refractivity contribution in [2.24, 2.45) is 0 Å². The molecule has 2 heterocycles. The molecule has 3 rings (SSSR count). The topological polar surface area (TPSA) is 66.4 Å². The lowest BCUT2D eigenvalue weighted by atomic mass is 10.2. The first kappa shape index (κ1) is 15.6. The Morgan fingerprint density at radius 3 is 2.35 bits per heavy atom. The fourth-order valence-corrected chi connectivity index (χ4v) is 3.62. The number of piperazine rings is 1. The van der Waals surface area contributed by atoms with Gasteiger partial charge in [-0.15, -0.1) is 5.10 Å². The van der Waals surface area contributed by atoms with Crippen LogP contribution in [0.1, 0.15) is 5.56 Å². The molecule has 0 spiro atoms. The lowest BCUT2D eigenvalue weighted by Gasteiger charge is -2.33. The highest BCUT2D eigenvalue weighted by Gasteiger charge is 2.25. The number of nitrogens with zero attached hydrogens (tertiary/aromatic N) is 4. The zero-order valence-electron chi connectivity index (χ0n) is 12.6. The number of aromatic nitrogens is 2. The van der Waals surface area contributed by atoms with E-state index in [-0.39, 0.29) is 0 Å². The summed E-state index contributed by atoms with van der Waals surface area (Å²) >= 11 is 0. The molecule has 1 aromatic heterocycles. The van der Waals surface area contributed by atoms with E-state index in [1.807, 2.05) is 47.4 Å². The number of hydrogen-bond acceptors (Lipinski definition) is 5. The summed E-state index contributed by atoms with van der Waals surface area (Å²) < 4.78 is 26.3. The monoisotopic (exact) mass is 330 g/mol. The maximum Gasteiger partial charge on any atom is 0.236 e. The lowest BCUT2D eigenvalue weighted by Crippen LogP contribution is -2.48. The minimum absolute atomic E-state index is 0.442. The summed E-state index contributed by atoms with van der Waals surface area (Å²) in [5, 5.41) is 9.19. The molecule has 7 heteroatoms. The Bertz CT molecular complexity index is 755. The Morgan fingerprint density at radius 2 is 1.70 bits per heavy atom. The fourth-order valence-electron chi connectivity index (χ4n) is 2.45. The van der Waals surface area contributed by atoms with Gasteiger partial charge in [-0.3, -0.25) is 0 Å². The van der Waals surface area contributed by atoms with Gasteiger partial charge in [-0.25, -0.2) is 8.42 Å². The number of sulfonamides is 1. The third-order valence-electron chi connectivity index (χ3n) is 3.71. The smallest absolute Gasteiger partial charge is 0.236 e. The second-order valence-corrected chi connectivity index (χ2v) is 7.04. The van der Waals surface area contributed by atoms with Gasteiger partial charge >= 0.3 is 0 Å². The summed E-state index contributed by atoms with van der Waals surface area (Å²) in [5.74, 6) is 0.782. The molecular weight excluding hydrogens is 312 g/mol. The molecule has 0 N–H and O–H groups in total. The predicted octanol–water partition coefficient (Wildman–Crippen LogP) is 1.60. The van der Waals surface area contributed by atoms with E-state index in [2.05, 4.69) is 10.2 Å². The van der Waals surface area contributed by atoms with Gasteiger partial charge < -0.3 is 4.90 Å². The molecule has 23 heavy (non-hydrogen) atoms. The molecule has 0 atom stereocenters. The van der Waals surface area contributed by atoms with E-state index in [0.29, 0.717) is 26.2 Å². The van der Waals surface area contributed by atoms with Crippen molar-refractivity contribution in [3.8, 4) is 0 Å². The largest absolute Gasteiger partial charge is 0.352 e. The fraction of sp³-hybridized carbons (Fsp3) is 0.250. The van der Waals surface area contributed by atoms with Crippen LogP contribution in [0.15, 0.2) is 54.1 Å². The number of hydrogen-bond donors (Lipinski definition) is 0. The molecule has 0 bridgehead atoms. The van der Waals surface area contributed by atoms with E-state index >= 15 is 0 Å². The van der Waals surface area contributed by atoms with Crippen LogP contribution in [0.3, 0.4) is 0 Å². The van der Waals surface area contributed by atoms with E-state index in [1.54, 1.807) is 12.3 Å². The molecule has 1 aliphatic rings. The number of benzene rings is 1. The molecule has 1 aromatic carbocycles. The van der Waals surface area contributed by atoms with Crippen LogP contribution in [-0.2, 0) is 10.0 Å². The van der Waals surface area contributed by atoms with Crippen molar-refractivity contribution in [1.82, 2.24) is 14.5 Å². The van der Waals surface area contributed by atoms with Gasteiger partial charge in [0.25, 0.3) is 0 Å². The Hall–Kier alpha value is -2.25. The van der Waals surface area contributed by atoms with Gasteiger partial charge in [-0.2, -0.15) is 9.40 Å². The van der Waals surface area contributed by atoms with Gasteiger partial charge in [0.2, 0.25) is 10.0 Å². The van der Waals surface area contributed by atoms with Gasteiger partial charge in [0.1, 0.15) is 0 Å². The quantitative estimate of drug-likeness (QED) is 0.852. The molecule has 0 aliphatic carbocycles. The number of rotatable bonds is 4. The Labute approximate surface area is 136 Å². The van der Waals surface area contributed by atoms with Crippen molar-refractivity contribution < 1.29 is 8.42 Å². The maximum absolute atomic E-state index is 12.4. The Balaban J connectivity index is 1.63. The molecule has 1 saturated heterocycles. The summed E-state index contributed by atoms with van der Waals surface area (Å²) in [5.41, 5.74) is 0.870. The zero-order valence-corrected chi connectivity index (χ0v) is 13.4. The Morgan fingerprint density at radius 1 is 0.957 bits per heavy atom. The van der Waals surface area contributed by atoms with E-state index in [0.717, 1.165) is 11.4 Å². The molecule has 6 nitrogen and oxygen atoms in total. The lowest BCUT2D eigenvalue weighted by molar-refractivity contribution is 0.388. The number of anilines is 1. The third-order valence-corrected chi connectivity index (χ3v) is 5.28. The molecule has 120 valence electrons. The SMILES string of the molecule is O=S(=O)(/C=C/c1ccccc1)N1CCN(c2cccnn2)CC1. The highest BCUT2D eigenvalue weighted by Crippen LogP contribution is 2.15. The normalized spacial score (nSPS) is 16.8. The minimum Gasteiger partial charge on any atom is -0.352 e. The van der Waals surface area contributed by atoms with Crippen molar-refractivity contribution in [1.29, 1.82) is 0 Å².